The topological polar surface area (TPSA) is 42.7 Å². The summed E-state index contributed by atoms with van der Waals surface area (Å²) in [5.41, 5.74) is 3.48. The summed E-state index contributed by atoms with van der Waals surface area (Å²) in [6.45, 7) is 3.13. The van der Waals surface area contributed by atoms with Gasteiger partial charge in [-0.1, -0.05) is 24.3 Å². The third-order valence-corrected chi connectivity index (χ3v) is 4.03. The first-order chi connectivity index (χ1) is 9.84. The number of anilines is 1. The Morgan fingerprint density at radius 2 is 2.10 bits per heavy atom. The number of aromatic nitrogens is 3. The molecule has 1 atom stereocenters. The van der Waals surface area contributed by atoms with Gasteiger partial charge in [0.15, 0.2) is 5.65 Å². The summed E-state index contributed by atoms with van der Waals surface area (Å²) in [6, 6.07) is 12.9. The monoisotopic (exact) mass is 264 g/mol. The average Bonchev–Trinajstić information content (AvgIpc) is 2.86. The molecule has 2 aromatic heterocycles. The molecule has 0 spiro atoms. The van der Waals surface area contributed by atoms with Crippen LogP contribution in [0.3, 0.4) is 0 Å². The van der Waals surface area contributed by atoms with E-state index in [4.69, 9.17) is 5.10 Å². The van der Waals surface area contributed by atoms with Crippen molar-refractivity contribution in [1.82, 2.24) is 14.8 Å². The van der Waals surface area contributed by atoms with Crippen LogP contribution in [0, 0.1) is 6.92 Å². The zero-order valence-corrected chi connectivity index (χ0v) is 11.4. The zero-order chi connectivity index (χ0) is 13.5. The molecule has 1 N–H and O–H groups in total. The largest absolute Gasteiger partial charge is 0.370 e. The van der Waals surface area contributed by atoms with Gasteiger partial charge >= 0.3 is 0 Å². The molecule has 3 heterocycles. The Bertz CT molecular complexity index is 775. The molecule has 0 amide bonds. The minimum absolute atomic E-state index is 0.293. The molecule has 4 nitrogen and oxygen atoms in total. The predicted octanol–water partition coefficient (Wildman–Crippen LogP) is 3.14. The van der Waals surface area contributed by atoms with Crippen LogP contribution in [-0.2, 0) is 0 Å². The van der Waals surface area contributed by atoms with E-state index in [9.17, 15) is 0 Å². The highest BCUT2D eigenvalue weighted by Crippen LogP contribution is 2.34. The van der Waals surface area contributed by atoms with Crippen LogP contribution in [0.4, 0.5) is 5.82 Å². The number of hydrogen-bond donors (Lipinski definition) is 1. The molecule has 0 bridgehead atoms. The Labute approximate surface area is 117 Å². The first-order valence-electron chi connectivity index (χ1n) is 6.97. The number of nitrogens with zero attached hydrogens (tertiary/aromatic N) is 3. The third-order valence-electron chi connectivity index (χ3n) is 4.03. The molecule has 0 saturated heterocycles. The number of aryl methyl sites for hydroxylation is 1. The molecule has 1 aliphatic heterocycles. The van der Waals surface area contributed by atoms with Gasteiger partial charge in [0.05, 0.1) is 11.4 Å². The molecule has 20 heavy (non-hydrogen) atoms. The molecular weight excluding hydrogens is 248 g/mol. The van der Waals surface area contributed by atoms with E-state index < -0.39 is 0 Å². The van der Waals surface area contributed by atoms with Gasteiger partial charge in [-0.25, -0.2) is 9.67 Å². The maximum Gasteiger partial charge on any atom is 0.183 e. The lowest BCUT2D eigenvalue weighted by atomic mass is 9.98. The molecule has 1 unspecified atom stereocenters. The fourth-order valence-corrected chi connectivity index (χ4v) is 3.04. The molecule has 0 aliphatic carbocycles. The van der Waals surface area contributed by atoms with Crippen LogP contribution in [0.5, 0.6) is 0 Å². The van der Waals surface area contributed by atoms with Gasteiger partial charge in [0.1, 0.15) is 5.82 Å². The first kappa shape index (κ1) is 11.5. The van der Waals surface area contributed by atoms with Gasteiger partial charge in [0.2, 0.25) is 0 Å². The summed E-state index contributed by atoms with van der Waals surface area (Å²) in [5.74, 6) is 1.09. The predicted molar refractivity (Wildman–Crippen MR) is 80.0 cm³/mol. The van der Waals surface area contributed by atoms with E-state index in [2.05, 4.69) is 52.2 Å². The molecule has 4 heteroatoms. The fraction of sp³-hybridized carbons (Fsp3) is 0.250. The average molecular weight is 264 g/mol. The summed E-state index contributed by atoms with van der Waals surface area (Å²) >= 11 is 0. The van der Waals surface area contributed by atoms with Gasteiger partial charge in [-0.15, -0.1) is 5.10 Å². The van der Waals surface area contributed by atoms with Crippen molar-refractivity contribution in [2.45, 2.75) is 19.4 Å². The van der Waals surface area contributed by atoms with E-state index >= 15 is 0 Å². The summed E-state index contributed by atoms with van der Waals surface area (Å²) in [7, 11) is 0. The Hall–Kier alpha value is -2.36. The Kier molecular flexibility index (Phi) is 2.49. The van der Waals surface area contributed by atoms with Gasteiger partial charge in [0, 0.05) is 12.7 Å². The number of benzene rings is 1. The molecule has 4 rings (SSSR count). The number of hydrogen-bond acceptors (Lipinski definition) is 3. The van der Waals surface area contributed by atoms with Crippen molar-refractivity contribution in [2.24, 2.45) is 0 Å². The summed E-state index contributed by atoms with van der Waals surface area (Å²) in [4.78, 5) is 4.36. The highest BCUT2D eigenvalue weighted by atomic mass is 15.4. The van der Waals surface area contributed by atoms with Crippen LogP contribution in [0.15, 0.2) is 42.6 Å². The second kappa shape index (κ2) is 4.34. The number of rotatable bonds is 1. The van der Waals surface area contributed by atoms with Gasteiger partial charge in [-0.05, 0) is 36.6 Å². The highest BCUT2D eigenvalue weighted by Gasteiger charge is 2.25. The van der Waals surface area contributed by atoms with Crippen LogP contribution in [0.25, 0.3) is 11.0 Å². The molecule has 100 valence electrons. The number of fused-ring (bicyclic) bond motifs is 3. The Morgan fingerprint density at radius 3 is 3.00 bits per heavy atom. The lowest BCUT2D eigenvalue weighted by Gasteiger charge is -2.27. The third kappa shape index (κ3) is 1.61. The zero-order valence-electron chi connectivity index (χ0n) is 11.4. The van der Waals surface area contributed by atoms with Crippen LogP contribution in [-0.4, -0.2) is 21.3 Å². The van der Waals surface area contributed by atoms with Crippen LogP contribution >= 0.6 is 0 Å². The van der Waals surface area contributed by atoms with E-state index in [1.165, 1.54) is 11.1 Å². The van der Waals surface area contributed by atoms with E-state index in [0.717, 1.165) is 29.8 Å². The van der Waals surface area contributed by atoms with Crippen molar-refractivity contribution in [3.8, 4) is 0 Å². The highest BCUT2D eigenvalue weighted by molar-refractivity contribution is 5.87. The van der Waals surface area contributed by atoms with Gasteiger partial charge in [0.25, 0.3) is 0 Å². The number of nitrogens with one attached hydrogen (secondary N) is 1. The molecular formula is C16H16N4. The summed E-state index contributed by atoms with van der Waals surface area (Å²) in [5, 5.41) is 9.26. The maximum absolute atomic E-state index is 4.70. The van der Waals surface area contributed by atoms with Crippen molar-refractivity contribution in [3.05, 3.63) is 53.7 Å². The van der Waals surface area contributed by atoms with Crippen LogP contribution in [0.2, 0.25) is 0 Å². The first-order valence-corrected chi connectivity index (χ1v) is 6.97. The minimum Gasteiger partial charge on any atom is -0.370 e. The van der Waals surface area contributed by atoms with Crippen molar-refractivity contribution in [1.29, 1.82) is 0 Å². The molecule has 0 radical (unpaired) electrons. The smallest absolute Gasteiger partial charge is 0.183 e. The molecule has 0 saturated carbocycles. The Morgan fingerprint density at radius 1 is 1.20 bits per heavy atom. The quantitative estimate of drug-likeness (QED) is 0.734. The SMILES string of the molecule is Cc1ccccc1C1CCNc2c3cccnc3nn21. The lowest BCUT2D eigenvalue weighted by molar-refractivity contribution is 0.483. The molecule has 1 aromatic carbocycles. The molecule has 1 aliphatic rings. The van der Waals surface area contributed by atoms with Gasteiger partial charge < -0.3 is 5.32 Å². The summed E-state index contributed by atoms with van der Waals surface area (Å²) in [6.07, 6.45) is 2.84. The van der Waals surface area contributed by atoms with Gasteiger partial charge in [-0.3, -0.25) is 0 Å². The van der Waals surface area contributed by atoms with Crippen LogP contribution in [0.1, 0.15) is 23.6 Å². The van der Waals surface area contributed by atoms with E-state index in [-0.39, 0.29) is 0 Å². The normalized spacial score (nSPS) is 17.8. The Balaban J connectivity index is 1.92. The second-order valence-corrected chi connectivity index (χ2v) is 5.26. The van der Waals surface area contributed by atoms with E-state index in [0.29, 0.717) is 6.04 Å². The fourth-order valence-electron chi connectivity index (χ4n) is 3.04. The number of pyridine rings is 1. The second-order valence-electron chi connectivity index (χ2n) is 5.26. The van der Waals surface area contributed by atoms with Crippen molar-refractivity contribution in [3.63, 3.8) is 0 Å². The molecule has 0 fully saturated rings. The van der Waals surface area contributed by atoms with Crippen molar-refractivity contribution < 1.29 is 0 Å². The summed E-state index contributed by atoms with van der Waals surface area (Å²) < 4.78 is 2.10. The van der Waals surface area contributed by atoms with Crippen LogP contribution < -0.4 is 5.32 Å². The lowest BCUT2D eigenvalue weighted by Crippen LogP contribution is -2.24. The molecule has 3 aromatic rings. The van der Waals surface area contributed by atoms with E-state index in [1.54, 1.807) is 6.20 Å². The minimum atomic E-state index is 0.293. The van der Waals surface area contributed by atoms with Crippen molar-refractivity contribution in [2.75, 3.05) is 11.9 Å². The van der Waals surface area contributed by atoms with E-state index in [1.807, 2.05) is 6.07 Å². The standard InChI is InChI=1S/C16H16N4/c1-11-5-2-3-6-12(11)14-8-10-18-16-13-7-4-9-17-15(13)19-20(14)16/h2-7,9,14,18H,8,10H2,1H3. The van der Waals surface area contributed by atoms with Crippen molar-refractivity contribution >= 4 is 16.9 Å². The van der Waals surface area contributed by atoms with Gasteiger partial charge in [-0.2, -0.15) is 0 Å². The maximum atomic E-state index is 4.70.